The maximum absolute atomic E-state index is 12.2. The summed E-state index contributed by atoms with van der Waals surface area (Å²) in [4.78, 5) is 22.3. The molecule has 0 saturated heterocycles. The molecule has 3 rings (SSSR count). The van der Waals surface area contributed by atoms with Crippen LogP contribution >= 0.6 is 0 Å². The molecule has 0 unspecified atom stereocenters. The fourth-order valence-electron chi connectivity index (χ4n) is 1.91. The van der Waals surface area contributed by atoms with Gasteiger partial charge in [-0.2, -0.15) is 5.10 Å². The molecule has 17 nitrogen and oxygen atoms in total. The number of hydrogen-bond acceptors (Lipinski definition) is 14. The van der Waals surface area contributed by atoms with Crippen LogP contribution < -0.4 is 21.9 Å². The van der Waals surface area contributed by atoms with Crippen LogP contribution in [0.2, 0.25) is 0 Å². The smallest absolute Gasteiger partial charge is 0.269 e. The van der Waals surface area contributed by atoms with Crippen LogP contribution in [0.25, 0.3) is 0 Å². The number of carbonyl (C=O) groups is 1. The Labute approximate surface area is 165 Å². The summed E-state index contributed by atoms with van der Waals surface area (Å²) >= 11 is 0. The number of aromatic nitrogens is 4. The maximum Gasteiger partial charge on any atom is 0.269 e. The van der Waals surface area contributed by atoms with Crippen LogP contribution in [0.4, 0.5) is 29.0 Å². The number of nitro benzene ring substituents is 1. The predicted octanol–water partition coefficient (Wildman–Crippen LogP) is 0.181. The van der Waals surface area contributed by atoms with E-state index in [1.54, 1.807) is 0 Å². The maximum atomic E-state index is 12.2. The zero-order chi connectivity index (χ0) is 21.5. The SMILES string of the molecule is Nc1nonc1N=NN(CC(=O)N/N=C\c1ccc([N+](=O)[O-])cc1)c1nonc1N. The van der Waals surface area contributed by atoms with E-state index in [1.807, 2.05) is 0 Å². The quantitative estimate of drug-likeness (QED) is 0.193. The van der Waals surface area contributed by atoms with Gasteiger partial charge in [-0.1, -0.05) is 5.22 Å². The topological polar surface area (TPSA) is 242 Å². The van der Waals surface area contributed by atoms with Gasteiger partial charge >= 0.3 is 0 Å². The van der Waals surface area contributed by atoms with Crippen molar-refractivity contribution in [3.63, 3.8) is 0 Å². The van der Waals surface area contributed by atoms with Gasteiger partial charge in [0.15, 0.2) is 0 Å². The van der Waals surface area contributed by atoms with Crippen molar-refractivity contribution < 1.29 is 19.0 Å². The van der Waals surface area contributed by atoms with Crippen molar-refractivity contribution in [1.82, 2.24) is 26.1 Å². The molecule has 0 saturated carbocycles. The van der Waals surface area contributed by atoms with Crippen molar-refractivity contribution in [3.8, 4) is 0 Å². The van der Waals surface area contributed by atoms with Crippen molar-refractivity contribution in [1.29, 1.82) is 0 Å². The van der Waals surface area contributed by atoms with Gasteiger partial charge in [0.25, 0.3) is 17.4 Å². The summed E-state index contributed by atoms with van der Waals surface area (Å²) in [5.41, 5.74) is 13.8. The number of nitrogens with one attached hydrogen (secondary N) is 1. The molecular formula is C13H12N12O5. The van der Waals surface area contributed by atoms with Crippen LogP contribution in [0, 0.1) is 10.1 Å². The number of hydrazone groups is 1. The third-order valence-corrected chi connectivity index (χ3v) is 3.28. The highest BCUT2D eigenvalue weighted by Gasteiger charge is 2.19. The number of carbonyl (C=O) groups excluding carboxylic acids is 1. The normalized spacial score (nSPS) is 11.2. The van der Waals surface area contributed by atoms with Crippen LogP contribution in [0.3, 0.4) is 0 Å². The van der Waals surface area contributed by atoms with Crippen molar-refractivity contribution in [2.45, 2.75) is 0 Å². The number of nitro groups is 1. The molecule has 2 heterocycles. The highest BCUT2D eigenvalue weighted by atomic mass is 16.6. The minimum atomic E-state index is -0.638. The fraction of sp³-hybridized carbons (Fsp3) is 0.0769. The second kappa shape index (κ2) is 8.82. The van der Waals surface area contributed by atoms with Gasteiger partial charge in [-0.05, 0) is 38.3 Å². The molecule has 0 bridgehead atoms. The van der Waals surface area contributed by atoms with Crippen LogP contribution in [0.15, 0.2) is 49.0 Å². The number of amides is 1. The van der Waals surface area contributed by atoms with E-state index in [0.717, 1.165) is 5.01 Å². The third-order valence-electron chi connectivity index (χ3n) is 3.28. The Balaban J connectivity index is 1.65. The largest absolute Gasteiger partial charge is 0.378 e. The number of nitrogens with two attached hydrogens (primary N) is 2. The molecule has 0 fully saturated rings. The van der Waals surface area contributed by atoms with Gasteiger partial charge in [0, 0.05) is 12.1 Å². The molecule has 5 N–H and O–H groups in total. The van der Waals surface area contributed by atoms with Gasteiger partial charge in [-0.15, -0.1) is 5.11 Å². The summed E-state index contributed by atoms with van der Waals surface area (Å²) in [5, 5.41) is 36.5. The summed E-state index contributed by atoms with van der Waals surface area (Å²) in [6, 6.07) is 5.53. The summed E-state index contributed by atoms with van der Waals surface area (Å²) in [6.07, 6.45) is 1.29. The number of nitrogens with zero attached hydrogens (tertiary/aromatic N) is 9. The van der Waals surface area contributed by atoms with E-state index in [4.69, 9.17) is 11.5 Å². The Kier molecular flexibility index (Phi) is 5.82. The highest BCUT2D eigenvalue weighted by molar-refractivity contribution is 5.84. The Hall–Kier alpha value is -4.96. The van der Waals surface area contributed by atoms with E-state index in [9.17, 15) is 14.9 Å². The summed E-state index contributed by atoms with van der Waals surface area (Å²) in [7, 11) is 0. The zero-order valence-electron chi connectivity index (χ0n) is 14.8. The Bertz CT molecular complexity index is 1090. The standard InChI is InChI=1S/C13H12N12O5/c14-10-12(21-29-19-10)18-23-24(13-11(15)20-30-22-13)6-9(26)17-16-5-7-1-3-8(4-2-7)25(27)28/h1-5H,6H2,(H2,14,19)(H2,15,20)(H,17,26)/b16-5-,23-18?. The summed E-state index contributed by atoms with van der Waals surface area (Å²) in [5.74, 6) is -1.14. The Morgan fingerprint density at radius 1 is 1.17 bits per heavy atom. The first-order chi connectivity index (χ1) is 14.4. The number of rotatable bonds is 8. The average Bonchev–Trinajstić information content (AvgIpc) is 3.33. The number of nitrogen functional groups attached to an aromatic ring is 2. The van der Waals surface area contributed by atoms with E-state index in [0.29, 0.717) is 5.56 Å². The molecule has 0 aliphatic rings. The molecule has 0 radical (unpaired) electrons. The lowest BCUT2D eigenvalue weighted by molar-refractivity contribution is -0.384. The molecule has 1 amide bonds. The van der Waals surface area contributed by atoms with Crippen molar-refractivity contribution in [3.05, 3.63) is 39.9 Å². The first kappa shape index (κ1) is 19.8. The van der Waals surface area contributed by atoms with Gasteiger partial charge in [-0.3, -0.25) is 14.9 Å². The molecule has 17 heteroatoms. The lowest BCUT2D eigenvalue weighted by Gasteiger charge is -2.12. The third kappa shape index (κ3) is 4.85. The average molecular weight is 416 g/mol. The number of non-ortho nitro benzene ring substituents is 1. The van der Waals surface area contributed by atoms with Gasteiger partial charge in [0.1, 0.15) is 6.54 Å². The molecule has 154 valence electrons. The van der Waals surface area contributed by atoms with E-state index in [1.165, 1.54) is 30.5 Å². The fourth-order valence-corrected chi connectivity index (χ4v) is 1.91. The van der Waals surface area contributed by atoms with Gasteiger partial charge in [0.2, 0.25) is 17.5 Å². The Morgan fingerprint density at radius 2 is 1.87 bits per heavy atom. The first-order valence-corrected chi connectivity index (χ1v) is 7.85. The molecular weight excluding hydrogens is 404 g/mol. The summed E-state index contributed by atoms with van der Waals surface area (Å²) < 4.78 is 8.87. The molecule has 0 aliphatic carbocycles. The molecule has 1 aromatic carbocycles. The second-order valence-corrected chi connectivity index (χ2v) is 5.34. The molecule has 0 atom stereocenters. The molecule has 3 aromatic rings. The Morgan fingerprint density at radius 3 is 2.47 bits per heavy atom. The van der Waals surface area contributed by atoms with Crippen LogP contribution in [0.5, 0.6) is 0 Å². The van der Waals surface area contributed by atoms with Gasteiger partial charge < -0.3 is 11.5 Å². The predicted molar refractivity (Wildman–Crippen MR) is 98.1 cm³/mol. The molecule has 0 spiro atoms. The van der Waals surface area contributed by atoms with Crippen molar-refractivity contribution in [2.75, 3.05) is 23.0 Å². The molecule has 2 aromatic heterocycles. The van der Waals surface area contributed by atoms with Crippen LogP contribution in [-0.2, 0) is 4.79 Å². The number of anilines is 3. The molecule has 30 heavy (non-hydrogen) atoms. The van der Waals surface area contributed by atoms with E-state index >= 15 is 0 Å². The lowest BCUT2D eigenvalue weighted by Crippen LogP contribution is -2.32. The van der Waals surface area contributed by atoms with E-state index < -0.39 is 17.4 Å². The highest BCUT2D eigenvalue weighted by Crippen LogP contribution is 2.21. The van der Waals surface area contributed by atoms with Gasteiger partial charge in [-0.25, -0.2) is 19.7 Å². The van der Waals surface area contributed by atoms with Crippen molar-refractivity contribution >= 4 is 41.1 Å². The second-order valence-electron chi connectivity index (χ2n) is 5.34. The monoisotopic (exact) mass is 416 g/mol. The minimum absolute atomic E-state index is 0.0704. The van der Waals surface area contributed by atoms with Gasteiger partial charge in [0.05, 0.1) is 11.1 Å². The molecule has 0 aliphatic heterocycles. The first-order valence-electron chi connectivity index (χ1n) is 7.85. The van der Waals surface area contributed by atoms with Crippen molar-refractivity contribution in [2.24, 2.45) is 15.4 Å². The lowest BCUT2D eigenvalue weighted by atomic mass is 10.2. The van der Waals surface area contributed by atoms with Crippen LogP contribution in [-0.4, -0.2) is 44.2 Å². The summed E-state index contributed by atoms with van der Waals surface area (Å²) in [6.45, 7) is -0.440. The minimum Gasteiger partial charge on any atom is -0.378 e. The number of benzene rings is 1. The van der Waals surface area contributed by atoms with Crippen LogP contribution in [0.1, 0.15) is 5.56 Å². The number of hydrogen-bond donors (Lipinski definition) is 3. The van der Waals surface area contributed by atoms with E-state index in [2.05, 4.69) is 50.7 Å². The van der Waals surface area contributed by atoms with E-state index in [-0.39, 0.29) is 29.0 Å². The zero-order valence-corrected chi connectivity index (χ0v) is 14.8.